The molecule has 0 saturated heterocycles. The van der Waals surface area contributed by atoms with Crippen LogP contribution in [0, 0.1) is 11.8 Å². The van der Waals surface area contributed by atoms with Crippen molar-refractivity contribution >= 4 is 11.4 Å². The van der Waals surface area contributed by atoms with Gasteiger partial charge in [-0.3, -0.25) is 0 Å². The molecular weight excluding hydrogens is 434 g/mol. The molecule has 3 aliphatic carbocycles. The number of rotatable bonds is 4. The van der Waals surface area contributed by atoms with Crippen molar-refractivity contribution in [2.45, 2.75) is 56.8 Å². The largest absolute Gasteiger partial charge is 0.355 e. The number of benzene rings is 4. The molecule has 4 aromatic carbocycles. The van der Waals surface area contributed by atoms with E-state index in [4.69, 9.17) is 0 Å². The van der Waals surface area contributed by atoms with Crippen molar-refractivity contribution in [2.24, 2.45) is 11.8 Å². The summed E-state index contributed by atoms with van der Waals surface area (Å²) < 4.78 is 0. The Morgan fingerprint density at radius 3 is 1.75 bits per heavy atom. The van der Waals surface area contributed by atoms with E-state index in [1.807, 2.05) is 0 Å². The van der Waals surface area contributed by atoms with E-state index in [-0.39, 0.29) is 5.41 Å². The van der Waals surface area contributed by atoms with Gasteiger partial charge in [-0.05, 0) is 95.0 Å². The third kappa shape index (κ3) is 3.29. The Morgan fingerprint density at radius 2 is 1.14 bits per heavy atom. The molecule has 0 spiro atoms. The molecule has 4 aromatic rings. The molecule has 0 heterocycles. The van der Waals surface area contributed by atoms with Crippen molar-refractivity contribution < 1.29 is 0 Å². The molecule has 2 unspecified atom stereocenters. The van der Waals surface area contributed by atoms with E-state index < -0.39 is 0 Å². The first kappa shape index (κ1) is 21.9. The zero-order chi connectivity index (χ0) is 24.3. The van der Waals surface area contributed by atoms with E-state index in [0.717, 1.165) is 17.5 Å². The molecule has 0 aromatic heterocycles. The molecule has 2 saturated carbocycles. The maximum atomic E-state index is 3.81. The Balaban J connectivity index is 1.24. The molecule has 1 heteroatoms. The summed E-state index contributed by atoms with van der Waals surface area (Å²) in [5.41, 5.74) is 10.8. The summed E-state index contributed by atoms with van der Waals surface area (Å²) in [6, 6.07) is 36.0. The fourth-order valence-corrected chi connectivity index (χ4v) is 8.03. The highest BCUT2D eigenvalue weighted by atomic mass is 14.9. The van der Waals surface area contributed by atoms with Crippen molar-refractivity contribution in [3.63, 3.8) is 0 Å². The van der Waals surface area contributed by atoms with E-state index in [1.54, 1.807) is 0 Å². The van der Waals surface area contributed by atoms with Crippen molar-refractivity contribution in [1.29, 1.82) is 0 Å². The smallest absolute Gasteiger partial charge is 0.0456 e. The Labute approximate surface area is 215 Å². The lowest BCUT2D eigenvalue weighted by Crippen LogP contribution is -2.30. The highest BCUT2D eigenvalue weighted by molar-refractivity contribution is 5.85. The minimum Gasteiger partial charge on any atom is -0.355 e. The van der Waals surface area contributed by atoms with Gasteiger partial charge in [-0.15, -0.1) is 0 Å². The normalized spacial score (nSPS) is 25.3. The predicted molar refractivity (Wildman–Crippen MR) is 151 cm³/mol. The molecule has 2 fully saturated rings. The zero-order valence-corrected chi connectivity index (χ0v) is 21.4. The molecule has 3 aliphatic rings. The van der Waals surface area contributed by atoms with E-state index in [9.17, 15) is 0 Å². The Bertz CT molecular complexity index is 1370. The van der Waals surface area contributed by atoms with Crippen molar-refractivity contribution in [3.8, 4) is 11.1 Å². The number of para-hydroxylation sites is 1. The first-order valence-electron chi connectivity index (χ1n) is 13.7. The number of hydrogen-bond acceptors (Lipinski definition) is 1. The van der Waals surface area contributed by atoms with E-state index in [0.29, 0.717) is 5.41 Å². The lowest BCUT2D eigenvalue weighted by atomic mass is 9.66. The molecule has 2 bridgehead atoms. The molecule has 7 rings (SSSR count). The Hall–Kier alpha value is -3.32. The van der Waals surface area contributed by atoms with Crippen molar-refractivity contribution in [3.05, 3.63) is 119 Å². The van der Waals surface area contributed by atoms with Crippen LogP contribution >= 0.6 is 0 Å². The average Bonchev–Trinajstić information content (AvgIpc) is 3.39. The molecule has 1 N–H and O–H groups in total. The lowest BCUT2D eigenvalue weighted by molar-refractivity contribution is 0.232. The van der Waals surface area contributed by atoms with Gasteiger partial charge >= 0.3 is 0 Å². The monoisotopic (exact) mass is 469 g/mol. The first-order valence-corrected chi connectivity index (χ1v) is 13.7. The zero-order valence-electron chi connectivity index (χ0n) is 21.4. The topological polar surface area (TPSA) is 12.0 Å². The second-order valence-corrected chi connectivity index (χ2v) is 12.0. The standard InChI is InChI=1S/C35H35N/c1-34(22-24-15-16-25(21-24)23-34)26-17-19-27(20-18-26)36-33-14-8-7-13-32(33)35(2)30-11-5-3-9-28(30)29-10-4-6-12-31(29)35/h3-14,17-20,24-25,36H,15-16,21-23H2,1-2H3. The fraction of sp³-hybridized carbons (Fsp3) is 0.314. The van der Waals surface area contributed by atoms with Gasteiger partial charge in [0.25, 0.3) is 0 Å². The summed E-state index contributed by atoms with van der Waals surface area (Å²) >= 11 is 0. The van der Waals surface area contributed by atoms with Crippen LogP contribution in [0.1, 0.15) is 68.2 Å². The highest BCUT2D eigenvalue weighted by Gasteiger charge is 2.43. The van der Waals surface area contributed by atoms with Crippen LogP contribution in [-0.4, -0.2) is 0 Å². The second-order valence-electron chi connectivity index (χ2n) is 12.0. The van der Waals surface area contributed by atoms with Crippen molar-refractivity contribution in [2.75, 3.05) is 5.32 Å². The van der Waals surface area contributed by atoms with Gasteiger partial charge in [0.1, 0.15) is 0 Å². The predicted octanol–water partition coefficient (Wildman–Crippen LogP) is 9.23. The number of nitrogens with one attached hydrogen (secondary N) is 1. The minimum absolute atomic E-state index is 0.203. The quantitative estimate of drug-likeness (QED) is 0.314. The molecule has 1 nitrogen and oxygen atoms in total. The first-order chi connectivity index (χ1) is 17.5. The van der Waals surface area contributed by atoms with Crippen LogP contribution in [0.15, 0.2) is 97.1 Å². The maximum absolute atomic E-state index is 3.81. The molecule has 0 amide bonds. The molecular formula is C35H35N. The second kappa shape index (κ2) is 8.10. The third-order valence-electron chi connectivity index (χ3n) is 9.68. The van der Waals surface area contributed by atoms with Crippen LogP contribution in [0.25, 0.3) is 11.1 Å². The van der Waals surface area contributed by atoms with Gasteiger partial charge < -0.3 is 5.32 Å². The van der Waals surface area contributed by atoms with Crippen LogP contribution in [0.4, 0.5) is 11.4 Å². The van der Waals surface area contributed by atoms with Crippen LogP contribution < -0.4 is 5.32 Å². The minimum atomic E-state index is -0.203. The molecule has 0 aliphatic heterocycles. The average molecular weight is 470 g/mol. The van der Waals surface area contributed by atoms with Gasteiger partial charge in [0.2, 0.25) is 0 Å². The highest BCUT2D eigenvalue weighted by Crippen LogP contribution is 2.54. The molecule has 180 valence electrons. The number of anilines is 2. The molecule has 0 radical (unpaired) electrons. The van der Waals surface area contributed by atoms with Gasteiger partial charge in [-0.25, -0.2) is 0 Å². The maximum Gasteiger partial charge on any atom is 0.0456 e. The van der Waals surface area contributed by atoms with Crippen LogP contribution in [0.2, 0.25) is 0 Å². The summed E-state index contributed by atoms with van der Waals surface area (Å²) in [4.78, 5) is 0. The summed E-state index contributed by atoms with van der Waals surface area (Å²) in [5.74, 6) is 1.88. The number of hydrogen-bond donors (Lipinski definition) is 1. The Morgan fingerprint density at radius 1 is 0.611 bits per heavy atom. The van der Waals surface area contributed by atoms with Crippen LogP contribution in [0.3, 0.4) is 0 Å². The summed E-state index contributed by atoms with van der Waals surface area (Å²) in [7, 11) is 0. The summed E-state index contributed by atoms with van der Waals surface area (Å²) in [5, 5.41) is 3.81. The molecule has 2 atom stereocenters. The van der Waals surface area contributed by atoms with Gasteiger partial charge in [0.05, 0.1) is 0 Å². The fourth-order valence-electron chi connectivity index (χ4n) is 8.03. The molecule has 36 heavy (non-hydrogen) atoms. The third-order valence-corrected chi connectivity index (χ3v) is 9.68. The lowest BCUT2D eigenvalue weighted by Gasteiger charge is -2.38. The van der Waals surface area contributed by atoms with Crippen LogP contribution in [0.5, 0.6) is 0 Å². The van der Waals surface area contributed by atoms with Gasteiger partial charge in [0.15, 0.2) is 0 Å². The van der Waals surface area contributed by atoms with Crippen LogP contribution in [-0.2, 0) is 10.8 Å². The van der Waals surface area contributed by atoms with Gasteiger partial charge in [-0.1, -0.05) is 98.6 Å². The van der Waals surface area contributed by atoms with Gasteiger partial charge in [0, 0.05) is 16.8 Å². The van der Waals surface area contributed by atoms with E-state index in [1.165, 1.54) is 71.2 Å². The SMILES string of the molecule is CC1(c2ccc(Nc3ccccc3C3(C)c4ccccc4-c4ccccc43)cc2)CC2CCC(C2)C1. The summed E-state index contributed by atoms with van der Waals surface area (Å²) in [6.45, 7) is 4.89. The van der Waals surface area contributed by atoms with Crippen molar-refractivity contribution in [1.82, 2.24) is 0 Å². The number of fused-ring (bicyclic) bond motifs is 5. The van der Waals surface area contributed by atoms with E-state index >= 15 is 0 Å². The summed E-state index contributed by atoms with van der Waals surface area (Å²) in [6.07, 6.45) is 7.08. The van der Waals surface area contributed by atoms with Gasteiger partial charge in [-0.2, -0.15) is 0 Å². The van der Waals surface area contributed by atoms with E-state index in [2.05, 4.69) is 116 Å². The Kier molecular flexibility index (Phi) is 4.93.